The van der Waals surface area contributed by atoms with Gasteiger partial charge in [0.1, 0.15) is 0 Å². The summed E-state index contributed by atoms with van der Waals surface area (Å²) in [6, 6.07) is 9.38. The minimum absolute atomic E-state index is 0.631. The molecule has 19 heavy (non-hydrogen) atoms. The summed E-state index contributed by atoms with van der Waals surface area (Å²) in [6.45, 7) is 5.65. The Bertz CT molecular complexity index is 360. The zero-order valence-corrected chi connectivity index (χ0v) is 12.8. The maximum absolute atomic E-state index is 3.40. The topological polar surface area (TPSA) is 12.0 Å². The smallest absolute Gasteiger partial charge is 0.00198 e. The van der Waals surface area contributed by atoms with E-state index in [9.17, 15) is 0 Å². The molecule has 0 aromatic heterocycles. The lowest BCUT2D eigenvalue weighted by molar-refractivity contribution is 0.300. The zero-order chi connectivity index (χ0) is 13.7. The highest BCUT2D eigenvalue weighted by molar-refractivity contribution is 5.28. The molecule has 0 amide bonds. The first kappa shape index (κ1) is 14.6. The van der Waals surface area contributed by atoms with Gasteiger partial charge in [-0.2, -0.15) is 0 Å². The van der Waals surface area contributed by atoms with Crippen molar-refractivity contribution in [3.8, 4) is 0 Å². The molecule has 0 aliphatic heterocycles. The van der Waals surface area contributed by atoms with Crippen molar-refractivity contribution in [2.75, 3.05) is 13.6 Å². The van der Waals surface area contributed by atoms with E-state index in [1.807, 2.05) is 0 Å². The number of benzene rings is 1. The fraction of sp³-hybridized carbons (Fsp3) is 0.667. The molecule has 1 heteroatoms. The van der Waals surface area contributed by atoms with E-state index in [-0.39, 0.29) is 0 Å². The number of rotatable bonds is 5. The van der Waals surface area contributed by atoms with Gasteiger partial charge in [0.15, 0.2) is 0 Å². The standard InChI is InChI=1S/C18H29N/c1-14(2)15-9-11-17(12-10-15)18(13-19-3)16-7-5-4-6-8-16/h9-12,14,16,18-19H,4-8,13H2,1-3H3. The molecular formula is C18H29N. The highest BCUT2D eigenvalue weighted by Crippen LogP contribution is 2.36. The van der Waals surface area contributed by atoms with Gasteiger partial charge in [-0.05, 0) is 48.8 Å². The van der Waals surface area contributed by atoms with Crippen LogP contribution >= 0.6 is 0 Å². The van der Waals surface area contributed by atoms with Crippen LogP contribution < -0.4 is 5.32 Å². The Morgan fingerprint density at radius 3 is 2.11 bits per heavy atom. The normalized spacial score (nSPS) is 18.7. The lowest BCUT2D eigenvalue weighted by Crippen LogP contribution is -2.25. The first-order valence-corrected chi connectivity index (χ1v) is 7.97. The molecular weight excluding hydrogens is 230 g/mol. The van der Waals surface area contributed by atoms with Crippen LogP contribution in [0.4, 0.5) is 0 Å². The highest BCUT2D eigenvalue weighted by atomic mass is 14.8. The average molecular weight is 259 g/mol. The third kappa shape index (κ3) is 3.82. The molecule has 1 aliphatic rings. The van der Waals surface area contributed by atoms with Crippen molar-refractivity contribution in [2.24, 2.45) is 5.92 Å². The number of hydrogen-bond donors (Lipinski definition) is 1. The SMILES string of the molecule is CNCC(c1ccc(C(C)C)cc1)C1CCCCC1. The molecule has 1 atom stereocenters. The number of hydrogen-bond acceptors (Lipinski definition) is 1. The van der Waals surface area contributed by atoms with E-state index in [0.717, 1.165) is 12.5 Å². The van der Waals surface area contributed by atoms with E-state index in [1.54, 1.807) is 0 Å². The zero-order valence-electron chi connectivity index (χ0n) is 12.8. The van der Waals surface area contributed by atoms with Crippen molar-refractivity contribution in [2.45, 2.75) is 57.8 Å². The minimum atomic E-state index is 0.631. The fourth-order valence-corrected chi connectivity index (χ4v) is 3.44. The van der Waals surface area contributed by atoms with Crippen LogP contribution in [-0.2, 0) is 0 Å². The second-order valence-corrected chi connectivity index (χ2v) is 6.38. The number of likely N-dealkylation sites (N-methyl/N-ethyl adjacent to an activating group) is 1. The molecule has 0 heterocycles. The summed E-state index contributed by atoms with van der Waals surface area (Å²) in [5.74, 6) is 2.21. The Balaban J connectivity index is 2.13. The van der Waals surface area contributed by atoms with Crippen molar-refractivity contribution in [1.82, 2.24) is 5.32 Å². The van der Waals surface area contributed by atoms with E-state index >= 15 is 0 Å². The quantitative estimate of drug-likeness (QED) is 0.808. The molecule has 1 N–H and O–H groups in total. The maximum atomic E-state index is 3.40. The molecule has 1 nitrogen and oxygen atoms in total. The monoisotopic (exact) mass is 259 g/mol. The van der Waals surface area contributed by atoms with Gasteiger partial charge in [0, 0.05) is 6.54 Å². The van der Waals surface area contributed by atoms with E-state index in [2.05, 4.69) is 50.5 Å². The van der Waals surface area contributed by atoms with Crippen LogP contribution in [0.2, 0.25) is 0 Å². The molecule has 0 radical (unpaired) electrons. The Kier molecular flexibility index (Phi) is 5.45. The van der Waals surface area contributed by atoms with Crippen molar-refractivity contribution in [1.29, 1.82) is 0 Å². The molecule has 1 aromatic rings. The Hall–Kier alpha value is -0.820. The third-order valence-electron chi connectivity index (χ3n) is 4.67. The summed E-state index contributed by atoms with van der Waals surface area (Å²) < 4.78 is 0. The second kappa shape index (κ2) is 7.09. The molecule has 1 unspecified atom stereocenters. The molecule has 1 aliphatic carbocycles. The van der Waals surface area contributed by atoms with E-state index in [1.165, 1.54) is 43.2 Å². The van der Waals surface area contributed by atoms with E-state index < -0.39 is 0 Å². The lowest BCUT2D eigenvalue weighted by atomic mass is 9.76. The van der Waals surface area contributed by atoms with Crippen LogP contribution in [0.1, 0.15) is 68.9 Å². The van der Waals surface area contributed by atoms with Gasteiger partial charge in [0.05, 0.1) is 0 Å². The molecule has 2 rings (SSSR count). The van der Waals surface area contributed by atoms with Crippen molar-refractivity contribution in [3.05, 3.63) is 35.4 Å². The van der Waals surface area contributed by atoms with Crippen LogP contribution in [0.3, 0.4) is 0 Å². The Labute approximate surface area is 118 Å². The lowest BCUT2D eigenvalue weighted by Gasteiger charge is -2.30. The molecule has 1 saturated carbocycles. The van der Waals surface area contributed by atoms with Gasteiger partial charge in [-0.25, -0.2) is 0 Å². The van der Waals surface area contributed by atoms with Crippen molar-refractivity contribution < 1.29 is 0 Å². The number of nitrogens with one attached hydrogen (secondary N) is 1. The van der Waals surface area contributed by atoms with Crippen molar-refractivity contribution in [3.63, 3.8) is 0 Å². The molecule has 1 fully saturated rings. The molecule has 106 valence electrons. The van der Waals surface area contributed by atoms with Crippen LogP contribution in [-0.4, -0.2) is 13.6 Å². The maximum Gasteiger partial charge on any atom is 0.00198 e. The van der Waals surface area contributed by atoms with Crippen LogP contribution in [0.5, 0.6) is 0 Å². The van der Waals surface area contributed by atoms with Crippen LogP contribution in [0.15, 0.2) is 24.3 Å². The summed E-state index contributed by atoms with van der Waals surface area (Å²) in [5, 5.41) is 3.40. The Morgan fingerprint density at radius 2 is 1.58 bits per heavy atom. The third-order valence-corrected chi connectivity index (χ3v) is 4.67. The predicted molar refractivity (Wildman–Crippen MR) is 83.8 cm³/mol. The van der Waals surface area contributed by atoms with E-state index in [4.69, 9.17) is 0 Å². The second-order valence-electron chi connectivity index (χ2n) is 6.38. The van der Waals surface area contributed by atoms with Gasteiger partial charge in [-0.3, -0.25) is 0 Å². The first-order valence-electron chi connectivity index (χ1n) is 7.97. The minimum Gasteiger partial charge on any atom is -0.319 e. The van der Waals surface area contributed by atoms with E-state index in [0.29, 0.717) is 11.8 Å². The molecule has 1 aromatic carbocycles. The van der Waals surface area contributed by atoms with Crippen LogP contribution in [0, 0.1) is 5.92 Å². The summed E-state index contributed by atoms with van der Waals surface area (Å²) in [5.41, 5.74) is 2.99. The van der Waals surface area contributed by atoms with Gasteiger partial charge in [-0.15, -0.1) is 0 Å². The summed E-state index contributed by atoms with van der Waals surface area (Å²) >= 11 is 0. The summed E-state index contributed by atoms with van der Waals surface area (Å²) in [7, 11) is 2.08. The van der Waals surface area contributed by atoms with Gasteiger partial charge in [0.25, 0.3) is 0 Å². The molecule has 0 saturated heterocycles. The first-order chi connectivity index (χ1) is 9.22. The van der Waals surface area contributed by atoms with Gasteiger partial charge in [-0.1, -0.05) is 57.4 Å². The van der Waals surface area contributed by atoms with Gasteiger partial charge in [0.2, 0.25) is 0 Å². The fourth-order valence-electron chi connectivity index (χ4n) is 3.44. The van der Waals surface area contributed by atoms with Crippen molar-refractivity contribution >= 4 is 0 Å². The summed E-state index contributed by atoms with van der Waals surface area (Å²) in [6.07, 6.45) is 7.12. The Morgan fingerprint density at radius 1 is 1.00 bits per heavy atom. The summed E-state index contributed by atoms with van der Waals surface area (Å²) in [4.78, 5) is 0. The average Bonchev–Trinajstić information content (AvgIpc) is 2.46. The highest BCUT2D eigenvalue weighted by Gasteiger charge is 2.24. The van der Waals surface area contributed by atoms with Crippen LogP contribution in [0.25, 0.3) is 0 Å². The largest absolute Gasteiger partial charge is 0.319 e. The van der Waals surface area contributed by atoms with Gasteiger partial charge >= 0.3 is 0 Å². The van der Waals surface area contributed by atoms with Gasteiger partial charge < -0.3 is 5.32 Å². The molecule has 0 spiro atoms. The predicted octanol–water partition coefficient (Wildman–Crippen LogP) is 4.69. The molecule has 0 bridgehead atoms.